The Morgan fingerprint density at radius 1 is 1.00 bits per heavy atom. The number of carbonyl (C=O) groups is 2. The second-order valence-electron chi connectivity index (χ2n) is 5.15. The molecule has 0 aliphatic heterocycles. The molecule has 0 aromatic heterocycles. The second kappa shape index (κ2) is 7.16. The van der Waals surface area contributed by atoms with Gasteiger partial charge in [-0.2, -0.15) is 13.2 Å². The molecule has 2 amide bonds. The third kappa shape index (κ3) is 4.58. The van der Waals surface area contributed by atoms with E-state index < -0.39 is 23.6 Å². The average molecular weight is 336 g/mol. The highest BCUT2D eigenvalue weighted by Gasteiger charge is 2.30. The molecule has 0 saturated carbocycles. The Hall–Kier alpha value is -2.83. The molecule has 2 rings (SSSR count). The maximum absolute atomic E-state index is 12.5. The van der Waals surface area contributed by atoms with Gasteiger partial charge in [-0.15, -0.1) is 0 Å². The lowest BCUT2D eigenvalue weighted by Crippen LogP contribution is -2.34. The molecule has 0 unspecified atom stereocenters. The minimum absolute atomic E-state index is 0.0815. The molecular formula is C17H15F3N2O2. The number of carbonyl (C=O) groups excluding carboxylic acids is 2. The molecule has 0 radical (unpaired) electrons. The van der Waals surface area contributed by atoms with Crippen LogP contribution in [-0.4, -0.2) is 30.3 Å². The molecule has 2 aromatic carbocycles. The molecule has 0 heterocycles. The third-order valence-electron chi connectivity index (χ3n) is 3.24. The van der Waals surface area contributed by atoms with Gasteiger partial charge in [-0.25, -0.2) is 0 Å². The summed E-state index contributed by atoms with van der Waals surface area (Å²) in [4.78, 5) is 25.2. The van der Waals surface area contributed by atoms with Crippen LogP contribution in [0.2, 0.25) is 0 Å². The van der Waals surface area contributed by atoms with E-state index in [0.717, 1.165) is 29.2 Å². The van der Waals surface area contributed by atoms with Crippen LogP contribution in [0.1, 0.15) is 15.9 Å². The smallest absolute Gasteiger partial charge is 0.332 e. The number of anilines is 1. The molecule has 126 valence electrons. The number of rotatable bonds is 4. The predicted molar refractivity (Wildman–Crippen MR) is 83.5 cm³/mol. The molecule has 0 fully saturated rings. The van der Waals surface area contributed by atoms with Crippen LogP contribution in [0.5, 0.6) is 0 Å². The summed E-state index contributed by atoms with van der Waals surface area (Å²) in [5, 5.41) is 2.63. The molecule has 0 bridgehead atoms. The second-order valence-corrected chi connectivity index (χ2v) is 5.15. The molecule has 0 saturated heterocycles. The SMILES string of the molecule is CN(CC(=O)Nc1ccccc1)C(=O)c1ccc(C(F)(F)F)cc1. The van der Waals surface area contributed by atoms with Crippen molar-refractivity contribution in [1.82, 2.24) is 4.90 Å². The van der Waals surface area contributed by atoms with Crippen LogP contribution in [0.25, 0.3) is 0 Å². The van der Waals surface area contributed by atoms with Crippen molar-refractivity contribution in [3.05, 3.63) is 65.7 Å². The maximum atomic E-state index is 12.5. The van der Waals surface area contributed by atoms with Crippen LogP contribution in [-0.2, 0) is 11.0 Å². The number of halogens is 3. The number of hydrogen-bond acceptors (Lipinski definition) is 2. The van der Waals surface area contributed by atoms with Gasteiger partial charge in [-0.05, 0) is 36.4 Å². The van der Waals surface area contributed by atoms with Gasteiger partial charge in [-0.1, -0.05) is 18.2 Å². The number of hydrogen-bond donors (Lipinski definition) is 1. The Morgan fingerprint density at radius 3 is 2.12 bits per heavy atom. The van der Waals surface area contributed by atoms with Crippen molar-refractivity contribution in [1.29, 1.82) is 0 Å². The van der Waals surface area contributed by atoms with Gasteiger partial charge in [0.25, 0.3) is 5.91 Å². The molecule has 0 aliphatic carbocycles. The Morgan fingerprint density at radius 2 is 1.58 bits per heavy atom. The van der Waals surface area contributed by atoms with E-state index in [1.165, 1.54) is 7.05 Å². The van der Waals surface area contributed by atoms with Crippen LogP contribution in [0.3, 0.4) is 0 Å². The number of likely N-dealkylation sites (N-methyl/N-ethyl adjacent to an activating group) is 1. The van der Waals surface area contributed by atoms with E-state index >= 15 is 0 Å². The normalized spacial score (nSPS) is 11.0. The Bertz CT molecular complexity index is 713. The van der Waals surface area contributed by atoms with E-state index in [0.29, 0.717) is 5.69 Å². The van der Waals surface area contributed by atoms with Crippen LogP contribution in [0.15, 0.2) is 54.6 Å². The first-order chi connectivity index (χ1) is 11.3. The molecule has 1 N–H and O–H groups in total. The lowest BCUT2D eigenvalue weighted by atomic mass is 10.1. The number of amides is 2. The molecule has 2 aromatic rings. The van der Waals surface area contributed by atoms with Crippen molar-refractivity contribution in [2.45, 2.75) is 6.18 Å². The highest BCUT2D eigenvalue weighted by molar-refractivity contribution is 5.99. The standard InChI is InChI=1S/C17H15F3N2O2/c1-22(11-15(23)21-14-5-3-2-4-6-14)16(24)12-7-9-13(10-8-12)17(18,19)20/h2-10H,11H2,1H3,(H,21,23). The molecular weight excluding hydrogens is 321 g/mol. The fourth-order valence-corrected chi connectivity index (χ4v) is 2.03. The molecule has 0 spiro atoms. The largest absolute Gasteiger partial charge is 0.416 e. The summed E-state index contributed by atoms with van der Waals surface area (Å²) in [5.74, 6) is -0.934. The summed E-state index contributed by atoms with van der Waals surface area (Å²) in [5.41, 5.74) is -0.153. The van der Waals surface area contributed by atoms with Crippen molar-refractivity contribution >= 4 is 17.5 Å². The zero-order chi connectivity index (χ0) is 17.7. The number of para-hydroxylation sites is 1. The van der Waals surface area contributed by atoms with E-state index in [1.807, 2.05) is 0 Å². The monoisotopic (exact) mass is 336 g/mol. The number of nitrogens with one attached hydrogen (secondary N) is 1. The minimum Gasteiger partial charge on any atom is -0.332 e. The van der Waals surface area contributed by atoms with E-state index in [4.69, 9.17) is 0 Å². The average Bonchev–Trinajstić information content (AvgIpc) is 2.54. The first kappa shape index (κ1) is 17.5. The van der Waals surface area contributed by atoms with Gasteiger partial charge in [0.15, 0.2) is 0 Å². The van der Waals surface area contributed by atoms with Crippen molar-refractivity contribution in [2.24, 2.45) is 0 Å². The first-order valence-corrected chi connectivity index (χ1v) is 7.05. The molecule has 0 aliphatic rings. The molecule has 4 nitrogen and oxygen atoms in total. The zero-order valence-corrected chi connectivity index (χ0v) is 12.8. The van der Waals surface area contributed by atoms with Crippen LogP contribution in [0.4, 0.5) is 18.9 Å². The van der Waals surface area contributed by atoms with Crippen molar-refractivity contribution in [3.8, 4) is 0 Å². The highest BCUT2D eigenvalue weighted by atomic mass is 19.4. The van der Waals surface area contributed by atoms with E-state index in [2.05, 4.69) is 5.32 Å². The molecule has 7 heteroatoms. The fraction of sp³-hybridized carbons (Fsp3) is 0.176. The summed E-state index contributed by atoms with van der Waals surface area (Å²) in [7, 11) is 1.41. The Labute approximate surface area is 136 Å². The van der Waals surface area contributed by atoms with Gasteiger partial charge in [0, 0.05) is 18.3 Å². The van der Waals surface area contributed by atoms with Crippen LogP contribution < -0.4 is 5.32 Å². The van der Waals surface area contributed by atoms with Gasteiger partial charge in [0.05, 0.1) is 12.1 Å². The van der Waals surface area contributed by atoms with Crippen LogP contribution >= 0.6 is 0 Å². The summed E-state index contributed by atoms with van der Waals surface area (Å²) in [6, 6.07) is 12.6. The van der Waals surface area contributed by atoms with Gasteiger partial charge < -0.3 is 10.2 Å². The van der Waals surface area contributed by atoms with Gasteiger partial charge in [-0.3, -0.25) is 9.59 Å². The highest BCUT2D eigenvalue weighted by Crippen LogP contribution is 2.29. The minimum atomic E-state index is -4.46. The zero-order valence-electron chi connectivity index (χ0n) is 12.8. The van der Waals surface area contributed by atoms with Crippen LogP contribution in [0, 0.1) is 0 Å². The van der Waals surface area contributed by atoms with Crippen molar-refractivity contribution in [3.63, 3.8) is 0 Å². The first-order valence-electron chi connectivity index (χ1n) is 7.05. The van der Waals surface area contributed by atoms with Gasteiger partial charge in [0.2, 0.25) is 5.91 Å². The Kier molecular flexibility index (Phi) is 5.23. The number of benzene rings is 2. The van der Waals surface area contributed by atoms with E-state index in [9.17, 15) is 22.8 Å². The van der Waals surface area contributed by atoms with Gasteiger partial charge in [0.1, 0.15) is 0 Å². The lowest BCUT2D eigenvalue weighted by molar-refractivity contribution is -0.137. The lowest BCUT2D eigenvalue weighted by Gasteiger charge is -2.17. The fourth-order valence-electron chi connectivity index (χ4n) is 2.03. The molecule has 24 heavy (non-hydrogen) atoms. The summed E-state index contributed by atoms with van der Waals surface area (Å²) >= 11 is 0. The quantitative estimate of drug-likeness (QED) is 0.930. The van der Waals surface area contributed by atoms with Crippen molar-refractivity contribution < 1.29 is 22.8 Å². The number of nitrogens with zero attached hydrogens (tertiary/aromatic N) is 1. The summed E-state index contributed by atoms with van der Waals surface area (Å²) in [6.45, 7) is -0.214. The number of alkyl halides is 3. The predicted octanol–water partition coefficient (Wildman–Crippen LogP) is 3.42. The van der Waals surface area contributed by atoms with Gasteiger partial charge >= 0.3 is 6.18 Å². The third-order valence-corrected chi connectivity index (χ3v) is 3.24. The molecule has 0 atom stereocenters. The van der Waals surface area contributed by atoms with E-state index in [1.54, 1.807) is 30.3 Å². The van der Waals surface area contributed by atoms with Crippen molar-refractivity contribution in [2.75, 3.05) is 18.9 Å². The van der Waals surface area contributed by atoms with E-state index in [-0.39, 0.29) is 12.1 Å². The summed E-state index contributed by atoms with van der Waals surface area (Å²) < 4.78 is 37.5. The Balaban J connectivity index is 1.97. The maximum Gasteiger partial charge on any atom is 0.416 e. The topological polar surface area (TPSA) is 49.4 Å². The summed E-state index contributed by atoms with van der Waals surface area (Å²) in [6.07, 6.45) is -4.46.